The van der Waals surface area contributed by atoms with E-state index >= 15 is 0 Å². The summed E-state index contributed by atoms with van der Waals surface area (Å²) in [7, 11) is 0. The molecule has 0 saturated heterocycles. The predicted octanol–water partition coefficient (Wildman–Crippen LogP) is 0.311. The van der Waals surface area contributed by atoms with Gasteiger partial charge in [-0.2, -0.15) is 0 Å². The SMILES string of the molecule is NCc1cnc(N2CC=CC2)nc1. The minimum absolute atomic E-state index is 0.499. The number of aromatic nitrogens is 2. The van der Waals surface area contributed by atoms with Crippen LogP contribution in [0.25, 0.3) is 0 Å². The van der Waals surface area contributed by atoms with Crippen molar-refractivity contribution in [1.29, 1.82) is 0 Å². The van der Waals surface area contributed by atoms with Gasteiger partial charge >= 0.3 is 0 Å². The monoisotopic (exact) mass is 176 g/mol. The zero-order chi connectivity index (χ0) is 9.10. The molecule has 4 nitrogen and oxygen atoms in total. The number of rotatable bonds is 2. The lowest BCUT2D eigenvalue weighted by molar-refractivity contribution is 0.905. The van der Waals surface area contributed by atoms with Crippen molar-refractivity contribution in [3.63, 3.8) is 0 Å². The van der Waals surface area contributed by atoms with Crippen molar-refractivity contribution < 1.29 is 0 Å². The third-order valence-electron chi connectivity index (χ3n) is 2.03. The average Bonchev–Trinajstić information content (AvgIpc) is 2.71. The van der Waals surface area contributed by atoms with Gasteiger partial charge in [0.25, 0.3) is 0 Å². The van der Waals surface area contributed by atoms with Gasteiger partial charge in [0.05, 0.1) is 0 Å². The van der Waals surface area contributed by atoms with Gasteiger partial charge < -0.3 is 10.6 Å². The fraction of sp³-hybridized carbons (Fsp3) is 0.333. The van der Waals surface area contributed by atoms with E-state index in [4.69, 9.17) is 5.73 Å². The van der Waals surface area contributed by atoms with Crippen molar-refractivity contribution in [2.75, 3.05) is 18.0 Å². The first kappa shape index (κ1) is 8.19. The smallest absolute Gasteiger partial charge is 0.225 e. The topological polar surface area (TPSA) is 55.0 Å². The highest BCUT2D eigenvalue weighted by molar-refractivity contribution is 5.35. The van der Waals surface area contributed by atoms with E-state index < -0.39 is 0 Å². The van der Waals surface area contributed by atoms with Crippen LogP contribution in [0, 0.1) is 0 Å². The van der Waals surface area contributed by atoms with Crippen molar-refractivity contribution in [2.45, 2.75) is 6.54 Å². The van der Waals surface area contributed by atoms with Gasteiger partial charge in [0.15, 0.2) is 0 Å². The molecule has 0 atom stereocenters. The second kappa shape index (κ2) is 3.53. The average molecular weight is 176 g/mol. The van der Waals surface area contributed by atoms with E-state index in [1.807, 2.05) is 0 Å². The predicted molar refractivity (Wildman–Crippen MR) is 51.3 cm³/mol. The fourth-order valence-corrected chi connectivity index (χ4v) is 1.26. The zero-order valence-corrected chi connectivity index (χ0v) is 7.35. The maximum atomic E-state index is 5.45. The molecule has 4 heteroatoms. The summed E-state index contributed by atoms with van der Waals surface area (Å²) in [6, 6.07) is 0. The highest BCUT2D eigenvalue weighted by Gasteiger charge is 2.09. The van der Waals surface area contributed by atoms with E-state index in [2.05, 4.69) is 27.0 Å². The van der Waals surface area contributed by atoms with Crippen molar-refractivity contribution in [3.05, 3.63) is 30.1 Å². The number of nitrogens with two attached hydrogens (primary N) is 1. The van der Waals surface area contributed by atoms with E-state index in [9.17, 15) is 0 Å². The maximum absolute atomic E-state index is 5.45. The number of nitrogens with zero attached hydrogens (tertiary/aromatic N) is 3. The van der Waals surface area contributed by atoms with Crippen LogP contribution in [0.2, 0.25) is 0 Å². The molecule has 0 aliphatic carbocycles. The second-order valence-electron chi connectivity index (χ2n) is 2.97. The normalized spacial score (nSPS) is 15.3. The third kappa shape index (κ3) is 1.67. The first-order valence-corrected chi connectivity index (χ1v) is 4.31. The molecule has 2 rings (SSSR count). The van der Waals surface area contributed by atoms with Crippen LogP contribution in [-0.4, -0.2) is 23.1 Å². The summed E-state index contributed by atoms with van der Waals surface area (Å²) in [5, 5.41) is 0. The van der Waals surface area contributed by atoms with Gasteiger partial charge in [-0.3, -0.25) is 0 Å². The van der Waals surface area contributed by atoms with Crippen LogP contribution >= 0.6 is 0 Å². The molecule has 0 amide bonds. The summed E-state index contributed by atoms with van der Waals surface area (Å²) >= 11 is 0. The van der Waals surface area contributed by atoms with Crippen LogP contribution in [0.5, 0.6) is 0 Å². The summed E-state index contributed by atoms with van der Waals surface area (Å²) in [6.07, 6.45) is 7.78. The van der Waals surface area contributed by atoms with Gasteiger partial charge in [-0.1, -0.05) is 12.2 Å². The molecular weight excluding hydrogens is 164 g/mol. The molecule has 1 aliphatic rings. The maximum Gasteiger partial charge on any atom is 0.225 e. The summed E-state index contributed by atoms with van der Waals surface area (Å²) in [4.78, 5) is 10.6. The summed E-state index contributed by atoms with van der Waals surface area (Å²) in [6.45, 7) is 2.31. The van der Waals surface area contributed by atoms with E-state index in [1.54, 1.807) is 12.4 Å². The van der Waals surface area contributed by atoms with Crippen molar-refractivity contribution in [3.8, 4) is 0 Å². The Balaban J connectivity index is 2.13. The molecule has 1 aliphatic heterocycles. The summed E-state index contributed by atoms with van der Waals surface area (Å²) < 4.78 is 0. The van der Waals surface area contributed by atoms with Crippen LogP contribution in [0.15, 0.2) is 24.5 Å². The van der Waals surface area contributed by atoms with Gasteiger partial charge in [-0.05, 0) is 0 Å². The molecule has 13 heavy (non-hydrogen) atoms. The lowest BCUT2D eigenvalue weighted by atomic mass is 10.3. The van der Waals surface area contributed by atoms with Crippen LogP contribution in [-0.2, 0) is 6.54 Å². The Bertz CT molecular complexity index is 296. The molecule has 0 unspecified atom stereocenters. The minimum Gasteiger partial charge on any atom is -0.333 e. The highest BCUT2D eigenvalue weighted by atomic mass is 15.2. The van der Waals surface area contributed by atoms with Gasteiger partial charge in [0.2, 0.25) is 5.95 Å². The van der Waals surface area contributed by atoms with Crippen molar-refractivity contribution >= 4 is 5.95 Å². The third-order valence-corrected chi connectivity index (χ3v) is 2.03. The second-order valence-corrected chi connectivity index (χ2v) is 2.97. The van der Waals surface area contributed by atoms with Gasteiger partial charge in [0.1, 0.15) is 0 Å². The highest BCUT2D eigenvalue weighted by Crippen LogP contribution is 2.09. The number of hydrogen-bond donors (Lipinski definition) is 1. The Morgan fingerprint density at radius 1 is 1.23 bits per heavy atom. The number of anilines is 1. The molecule has 68 valence electrons. The first-order chi connectivity index (χ1) is 6.40. The Morgan fingerprint density at radius 3 is 2.38 bits per heavy atom. The van der Waals surface area contributed by atoms with Crippen LogP contribution in [0.4, 0.5) is 5.95 Å². The first-order valence-electron chi connectivity index (χ1n) is 4.31. The molecule has 0 spiro atoms. The van der Waals surface area contributed by atoms with E-state index in [-0.39, 0.29) is 0 Å². The van der Waals surface area contributed by atoms with Crippen LogP contribution < -0.4 is 10.6 Å². The van der Waals surface area contributed by atoms with E-state index in [0.717, 1.165) is 24.6 Å². The Morgan fingerprint density at radius 2 is 1.85 bits per heavy atom. The fourth-order valence-electron chi connectivity index (χ4n) is 1.26. The molecule has 0 fully saturated rings. The van der Waals surface area contributed by atoms with E-state index in [1.165, 1.54) is 0 Å². The Labute approximate surface area is 77.1 Å². The van der Waals surface area contributed by atoms with Crippen LogP contribution in [0.3, 0.4) is 0 Å². The largest absolute Gasteiger partial charge is 0.333 e. The summed E-state index contributed by atoms with van der Waals surface area (Å²) in [5.74, 6) is 0.780. The van der Waals surface area contributed by atoms with Crippen LogP contribution in [0.1, 0.15) is 5.56 Å². The van der Waals surface area contributed by atoms with Gasteiger partial charge in [-0.15, -0.1) is 0 Å². The molecule has 0 bridgehead atoms. The van der Waals surface area contributed by atoms with Crippen molar-refractivity contribution in [2.24, 2.45) is 5.73 Å². The minimum atomic E-state index is 0.499. The molecule has 0 saturated carbocycles. The number of hydrogen-bond acceptors (Lipinski definition) is 4. The van der Waals surface area contributed by atoms with Crippen molar-refractivity contribution in [1.82, 2.24) is 9.97 Å². The van der Waals surface area contributed by atoms with Gasteiger partial charge in [-0.25, -0.2) is 9.97 Å². The standard InChI is InChI=1S/C9H12N4/c10-5-8-6-11-9(12-7-8)13-3-1-2-4-13/h1-2,6-7H,3-5,10H2. The molecule has 1 aromatic rings. The molecule has 1 aromatic heterocycles. The lowest BCUT2D eigenvalue weighted by Gasteiger charge is -2.14. The summed E-state index contributed by atoms with van der Waals surface area (Å²) in [5.41, 5.74) is 6.42. The van der Waals surface area contributed by atoms with E-state index in [0.29, 0.717) is 6.54 Å². The Hall–Kier alpha value is -1.42. The Kier molecular flexibility index (Phi) is 2.23. The zero-order valence-electron chi connectivity index (χ0n) is 7.35. The molecular formula is C9H12N4. The quantitative estimate of drug-likeness (QED) is 0.659. The van der Waals surface area contributed by atoms with Gasteiger partial charge in [0, 0.05) is 37.6 Å². The molecule has 2 N–H and O–H groups in total. The lowest BCUT2D eigenvalue weighted by Crippen LogP contribution is -2.21. The molecule has 2 heterocycles. The molecule has 0 aromatic carbocycles. The molecule has 0 radical (unpaired) electrons.